The summed E-state index contributed by atoms with van der Waals surface area (Å²) in [6.45, 7) is 5.46. The van der Waals surface area contributed by atoms with Gasteiger partial charge in [0.25, 0.3) is 0 Å². The number of nitrogens with zero attached hydrogens (tertiary/aromatic N) is 4. The van der Waals surface area contributed by atoms with Gasteiger partial charge in [0.2, 0.25) is 5.89 Å². The van der Waals surface area contributed by atoms with E-state index in [9.17, 15) is 23.1 Å². The van der Waals surface area contributed by atoms with Crippen LogP contribution >= 0.6 is 0 Å². The summed E-state index contributed by atoms with van der Waals surface area (Å²) < 4.78 is 49.2. The second-order valence-corrected chi connectivity index (χ2v) is 9.65. The van der Waals surface area contributed by atoms with E-state index in [-0.39, 0.29) is 35.5 Å². The first-order valence-electron chi connectivity index (χ1n) is 11.9. The minimum atomic E-state index is -4.27. The maximum atomic E-state index is 13.3. The molecule has 0 bridgehead atoms. The third-order valence-corrected chi connectivity index (χ3v) is 6.43. The zero-order valence-corrected chi connectivity index (χ0v) is 19.9. The van der Waals surface area contributed by atoms with Crippen LogP contribution in [0, 0.1) is 0 Å². The lowest BCUT2D eigenvalue weighted by molar-refractivity contribution is -0.127. The number of carbonyl (C=O) groups excluding carboxylic acids is 1. The van der Waals surface area contributed by atoms with Crippen molar-refractivity contribution in [3.8, 4) is 6.01 Å². The van der Waals surface area contributed by atoms with E-state index in [0.717, 1.165) is 5.56 Å². The largest absolute Gasteiger partial charge is 0.459 e. The Morgan fingerprint density at radius 3 is 2.43 bits per heavy atom. The highest BCUT2D eigenvalue weighted by molar-refractivity contribution is 5.75. The van der Waals surface area contributed by atoms with Gasteiger partial charge in [0, 0.05) is 32.1 Å². The molecule has 2 unspecified atom stereocenters. The Balaban J connectivity index is 1.54. The van der Waals surface area contributed by atoms with Crippen LogP contribution in [0.2, 0.25) is 0 Å². The summed E-state index contributed by atoms with van der Waals surface area (Å²) in [5, 5.41) is 13.7. The topological polar surface area (TPSA) is 91.9 Å². The number of rotatable bonds is 5. The van der Waals surface area contributed by atoms with E-state index in [4.69, 9.17) is 9.26 Å². The van der Waals surface area contributed by atoms with E-state index in [1.807, 2.05) is 13.8 Å². The molecule has 0 saturated carbocycles. The van der Waals surface area contributed by atoms with E-state index in [0.29, 0.717) is 51.3 Å². The van der Waals surface area contributed by atoms with Crippen molar-refractivity contribution in [1.29, 1.82) is 0 Å². The molecule has 0 radical (unpaired) electrons. The predicted octanol–water partition coefficient (Wildman–Crippen LogP) is 4.11. The quantitative estimate of drug-likeness (QED) is 0.670. The summed E-state index contributed by atoms with van der Waals surface area (Å²) in [5.41, 5.74) is 1.05. The Labute approximate surface area is 202 Å². The number of piperidine rings is 2. The lowest BCUT2D eigenvalue weighted by Crippen LogP contribution is -2.51. The second kappa shape index (κ2) is 10.4. The fourth-order valence-corrected chi connectivity index (χ4v) is 4.72. The predicted molar refractivity (Wildman–Crippen MR) is 120 cm³/mol. The lowest BCUT2D eigenvalue weighted by atomic mass is 9.84. The first kappa shape index (κ1) is 25.3. The highest BCUT2D eigenvalue weighted by Gasteiger charge is 2.37. The minimum Gasteiger partial charge on any atom is -0.459 e. The van der Waals surface area contributed by atoms with Crippen LogP contribution in [0.25, 0.3) is 0 Å². The molecule has 2 aromatic rings. The number of aromatic nitrogens is 2. The molecule has 2 amide bonds. The highest BCUT2D eigenvalue weighted by Crippen LogP contribution is 2.37. The summed E-state index contributed by atoms with van der Waals surface area (Å²) in [6, 6.07) is 6.40. The first-order chi connectivity index (χ1) is 16.6. The van der Waals surface area contributed by atoms with Gasteiger partial charge in [0.1, 0.15) is 0 Å². The standard InChI is InChI=1S/C24H31F3N4O4/c1-15(2)34-22-28-21(35-29-22)19-11-18(17-5-3-16(4-6-17)12-24(25,26)27)13-31(14-19)23(33)30-9-7-20(32)8-10-30/h3-6,15,18-20,32H,7-14H2,1-2H3. The van der Waals surface area contributed by atoms with Crippen molar-refractivity contribution in [2.45, 2.75) is 69.8 Å². The van der Waals surface area contributed by atoms with Gasteiger partial charge in [-0.15, -0.1) is 0 Å². The van der Waals surface area contributed by atoms with Crippen LogP contribution in [-0.4, -0.2) is 75.6 Å². The average Bonchev–Trinajstić information content (AvgIpc) is 3.26. The van der Waals surface area contributed by atoms with Crippen molar-refractivity contribution in [3.63, 3.8) is 0 Å². The molecule has 0 aliphatic carbocycles. The van der Waals surface area contributed by atoms with Crippen molar-refractivity contribution in [2.24, 2.45) is 0 Å². The first-order valence-corrected chi connectivity index (χ1v) is 11.9. The SMILES string of the molecule is CC(C)Oc1noc(C2CC(c3ccc(CC(F)(F)F)cc3)CN(C(=O)N3CCC(O)CC3)C2)n1. The number of aliphatic hydroxyl groups excluding tert-OH is 1. The number of urea groups is 1. The highest BCUT2D eigenvalue weighted by atomic mass is 19.4. The summed E-state index contributed by atoms with van der Waals surface area (Å²) in [6.07, 6.45) is -4.09. The third-order valence-electron chi connectivity index (χ3n) is 6.43. The van der Waals surface area contributed by atoms with Crippen LogP contribution in [0.15, 0.2) is 28.8 Å². The van der Waals surface area contributed by atoms with Crippen LogP contribution in [0.1, 0.15) is 62.0 Å². The molecule has 2 fully saturated rings. The molecule has 3 heterocycles. The average molecular weight is 497 g/mol. The number of ether oxygens (including phenoxy) is 1. The number of likely N-dealkylation sites (tertiary alicyclic amines) is 2. The van der Waals surface area contributed by atoms with Crippen molar-refractivity contribution < 1.29 is 32.3 Å². The molecule has 2 aliphatic heterocycles. The van der Waals surface area contributed by atoms with Gasteiger partial charge < -0.3 is 24.2 Å². The molecule has 2 saturated heterocycles. The zero-order valence-electron chi connectivity index (χ0n) is 19.9. The van der Waals surface area contributed by atoms with Gasteiger partial charge in [-0.3, -0.25) is 0 Å². The van der Waals surface area contributed by atoms with Gasteiger partial charge >= 0.3 is 18.2 Å². The maximum absolute atomic E-state index is 13.3. The van der Waals surface area contributed by atoms with E-state index < -0.39 is 18.7 Å². The van der Waals surface area contributed by atoms with Crippen LogP contribution in [0.3, 0.4) is 0 Å². The third kappa shape index (κ3) is 6.65. The Kier molecular flexibility index (Phi) is 7.53. The Morgan fingerprint density at radius 2 is 1.80 bits per heavy atom. The number of aliphatic hydroxyl groups is 1. The van der Waals surface area contributed by atoms with E-state index in [1.165, 1.54) is 12.1 Å². The molecular weight excluding hydrogens is 465 g/mol. The van der Waals surface area contributed by atoms with Gasteiger partial charge in [-0.25, -0.2) is 4.79 Å². The molecule has 1 N–H and O–H groups in total. The van der Waals surface area contributed by atoms with E-state index >= 15 is 0 Å². The molecule has 2 aliphatic rings. The summed E-state index contributed by atoms with van der Waals surface area (Å²) in [5.74, 6) is 0.000220. The Morgan fingerprint density at radius 1 is 1.14 bits per heavy atom. The van der Waals surface area contributed by atoms with Crippen LogP contribution < -0.4 is 4.74 Å². The Bertz CT molecular complexity index is 987. The number of hydrogen-bond acceptors (Lipinski definition) is 6. The van der Waals surface area contributed by atoms with Gasteiger partial charge in [-0.1, -0.05) is 24.3 Å². The normalized spacial score (nSPS) is 22.0. The minimum absolute atomic E-state index is 0.116. The fourth-order valence-electron chi connectivity index (χ4n) is 4.72. The molecule has 2 atom stereocenters. The number of hydrogen-bond donors (Lipinski definition) is 1. The van der Waals surface area contributed by atoms with Crippen LogP contribution in [0.5, 0.6) is 6.01 Å². The monoisotopic (exact) mass is 496 g/mol. The number of benzene rings is 1. The molecule has 35 heavy (non-hydrogen) atoms. The van der Waals surface area contributed by atoms with Crippen molar-refractivity contribution >= 4 is 6.03 Å². The molecule has 192 valence electrons. The van der Waals surface area contributed by atoms with E-state index in [1.54, 1.807) is 21.9 Å². The summed E-state index contributed by atoms with van der Waals surface area (Å²) in [4.78, 5) is 21.2. The summed E-state index contributed by atoms with van der Waals surface area (Å²) in [7, 11) is 0. The molecular formula is C24H31F3N4O4. The smallest absolute Gasteiger partial charge is 0.393 e. The van der Waals surface area contributed by atoms with Crippen molar-refractivity contribution in [3.05, 3.63) is 41.3 Å². The molecule has 4 rings (SSSR count). The zero-order chi connectivity index (χ0) is 25.2. The van der Waals surface area contributed by atoms with Crippen LogP contribution in [0.4, 0.5) is 18.0 Å². The van der Waals surface area contributed by atoms with E-state index in [2.05, 4.69) is 10.1 Å². The molecule has 1 aromatic heterocycles. The van der Waals surface area contributed by atoms with Crippen LogP contribution in [-0.2, 0) is 6.42 Å². The number of carbonyl (C=O) groups is 1. The second-order valence-electron chi connectivity index (χ2n) is 9.65. The van der Waals surface area contributed by atoms with Gasteiger partial charge in [0.15, 0.2) is 0 Å². The van der Waals surface area contributed by atoms with Gasteiger partial charge in [-0.2, -0.15) is 18.2 Å². The molecule has 0 spiro atoms. The van der Waals surface area contributed by atoms with Gasteiger partial charge in [0.05, 0.1) is 24.5 Å². The molecule has 1 aromatic carbocycles. The number of halogens is 3. The maximum Gasteiger partial charge on any atom is 0.393 e. The summed E-state index contributed by atoms with van der Waals surface area (Å²) >= 11 is 0. The number of amides is 2. The number of alkyl halides is 3. The molecule has 8 nitrogen and oxygen atoms in total. The van der Waals surface area contributed by atoms with Crippen molar-refractivity contribution in [1.82, 2.24) is 19.9 Å². The van der Waals surface area contributed by atoms with Gasteiger partial charge in [-0.05, 0) is 49.4 Å². The molecule has 11 heteroatoms. The lowest BCUT2D eigenvalue weighted by Gasteiger charge is -2.40. The van der Waals surface area contributed by atoms with Crippen molar-refractivity contribution in [2.75, 3.05) is 26.2 Å². The Hall–Kier alpha value is -2.82. The fraction of sp³-hybridized carbons (Fsp3) is 0.625.